The van der Waals surface area contributed by atoms with Gasteiger partial charge in [-0.1, -0.05) is 0 Å². The molecular formula is C6H5F9O. The van der Waals surface area contributed by atoms with Gasteiger partial charge >= 0.3 is 24.1 Å². The summed E-state index contributed by atoms with van der Waals surface area (Å²) >= 11 is 0. The predicted molar refractivity (Wildman–Crippen MR) is 32.5 cm³/mol. The van der Waals surface area contributed by atoms with Crippen LogP contribution in [0.5, 0.6) is 0 Å². The molecule has 0 N–H and O–H groups in total. The van der Waals surface area contributed by atoms with Crippen LogP contribution >= 0.6 is 0 Å². The highest BCUT2D eigenvalue weighted by atomic mass is 19.4. The molecule has 0 aromatic carbocycles. The van der Waals surface area contributed by atoms with E-state index < -0.39 is 30.7 Å². The summed E-state index contributed by atoms with van der Waals surface area (Å²) in [5.41, 5.74) is 0. The molecule has 0 aromatic rings. The number of halogens is 9. The lowest BCUT2D eigenvalue weighted by Gasteiger charge is -2.32. The second kappa shape index (κ2) is 3.97. The fourth-order valence-corrected chi connectivity index (χ4v) is 0.633. The molecule has 0 saturated heterocycles. The molecule has 0 aliphatic rings. The molecule has 0 spiro atoms. The third-order valence-corrected chi connectivity index (χ3v) is 1.44. The lowest BCUT2D eigenvalue weighted by Crippen LogP contribution is -2.61. The highest BCUT2D eigenvalue weighted by Crippen LogP contribution is 2.53. The van der Waals surface area contributed by atoms with Crippen molar-refractivity contribution in [2.24, 2.45) is 0 Å². The zero-order chi connectivity index (χ0) is 13.4. The molecule has 0 unspecified atom stereocenters. The molecule has 10 heteroatoms. The molecule has 0 radical (unpaired) electrons. The molecule has 0 aliphatic carbocycles. The van der Waals surface area contributed by atoms with Gasteiger partial charge in [0.1, 0.15) is 0 Å². The Kier molecular flexibility index (Phi) is 3.80. The zero-order valence-electron chi connectivity index (χ0n) is 7.52. The van der Waals surface area contributed by atoms with Gasteiger partial charge in [0.25, 0.3) is 0 Å². The van der Waals surface area contributed by atoms with Crippen LogP contribution in [0.4, 0.5) is 39.5 Å². The topological polar surface area (TPSA) is 9.23 Å². The minimum Gasteiger partial charge on any atom is -0.316 e. The summed E-state index contributed by atoms with van der Waals surface area (Å²) in [6.07, 6.45) is -12.7. The first-order valence-electron chi connectivity index (χ1n) is 3.65. The fourth-order valence-electron chi connectivity index (χ4n) is 0.633. The molecule has 0 saturated carbocycles. The summed E-state index contributed by atoms with van der Waals surface area (Å²) in [6.45, 7) is -0.424. The van der Waals surface area contributed by atoms with E-state index in [1.807, 2.05) is 0 Å². The molecule has 98 valence electrons. The Morgan fingerprint density at radius 1 is 0.750 bits per heavy atom. The molecule has 0 heterocycles. The smallest absolute Gasteiger partial charge is 0.316 e. The summed E-state index contributed by atoms with van der Waals surface area (Å²) in [4.78, 5) is 0. The molecular weight excluding hydrogens is 259 g/mol. The van der Waals surface area contributed by atoms with E-state index in [9.17, 15) is 39.5 Å². The van der Waals surface area contributed by atoms with Crippen molar-refractivity contribution in [3.63, 3.8) is 0 Å². The highest BCUT2D eigenvalue weighted by molar-refractivity contribution is 4.96. The first kappa shape index (κ1) is 15.3. The summed E-state index contributed by atoms with van der Waals surface area (Å²) < 4.78 is 111. The molecule has 0 aliphatic heterocycles. The Morgan fingerprint density at radius 3 is 1.38 bits per heavy atom. The van der Waals surface area contributed by atoms with Crippen LogP contribution in [0, 0.1) is 0 Å². The minimum atomic E-state index is -6.89. The van der Waals surface area contributed by atoms with Crippen LogP contribution in [-0.4, -0.2) is 30.7 Å². The van der Waals surface area contributed by atoms with Crippen LogP contribution < -0.4 is 0 Å². The second-order valence-electron chi connectivity index (χ2n) is 2.60. The largest absolute Gasteiger partial charge is 0.460 e. The summed E-state index contributed by atoms with van der Waals surface area (Å²) in [7, 11) is 0. The van der Waals surface area contributed by atoms with Crippen LogP contribution in [0.1, 0.15) is 6.92 Å². The van der Waals surface area contributed by atoms with Gasteiger partial charge in [-0.15, -0.1) is 0 Å². The number of hydrogen-bond donors (Lipinski definition) is 0. The molecule has 0 aromatic heterocycles. The zero-order valence-corrected chi connectivity index (χ0v) is 7.52. The van der Waals surface area contributed by atoms with Crippen molar-refractivity contribution in [3.8, 4) is 0 Å². The van der Waals surface area contributed by atoms with E-state index in [1.165, 1.54) is 0 Å². The van der Waals surface area contributed by atoms with Crippen molar-refractivity contribution in [2.45, 2.75) is 31.1 Å². The SMILES string of the molecule is CCOC(F)(F)C(F)(F)C(F)(F)C(F)(F)F. The third kappa shape index (κ3) is 2.20. The van der Waals surface area contributed by atoms with Gasteiger partial charge in [-0.25, -0.2) is 0 Å². The van der Waals surface area contributed by atoms with Gasteiger partial charge in [0.15, 0.2) is 0 Å². The molecule has 0 amide bonds. The first-order valence-corrected chi connectivity index (χ1v) is 3.65. The Labute approximate surface area is 83.2 Å². The van der Waals surface area contributed by atoms with Gasteiger partial charge < -0.3 is 4.74 Å². The van der Waals surface area contributed by atoms with Crippen molar-refractivity contribution in [3.05, 3.63) is 0 Å². The second-order valence-corrected chi connectivity index (χ2v) is 2.60. The predicted octanol–water partition coefficient (Wildman–Crippen LogP) is 3.45. The summed E-state index contributed by atoms with van der Waals surface area (Å²) in [5.74, 6) is -13.6. The lowest BCUT2D eigenvalue weighted by molar-refractivity contribution is -0.443. The van der Waals surface area contributed by atoms with E-state index >= 15 is 0 Å². The van der Waals surface area contributed by atoms with Crippen molar-refractivity contribution < 1.29 is 44.3 Å². The molecule has 16 heavy (non-hydrogen) atoms. The number of alkyl halides is 9. The van der Waals surface area contributed by atoms with Crippen molar-refractivity contribution in [1.82, 2.24) is 0 Å². The van der Waals surface area contributed by atoms with Gasteiger partial charge in [-0.2, -0.15) is 39.5 Å². The van der Waals surface area contributed by atoms with E-state index in [1.54, 1.807) is 0 Å². The fraction of sp³-hybridized carbons (Fsp3) is 1.00. The van der Waals surface area contributed by atoms with Crippen LogP contribution in [0.3, 0.4) is 0 Å². The normalized spacial score (nSPS) is 15.4. The summed E-state index contributed by atoms with van der Waals surface area (Å²) in [5, 5.41) is 0. The maximum absolute atomic E-state index is 12.3. The molecule has 1 nitrogen and oxygen atoms in total. The van der Waals surface area contributed by atoms with Gasteiger partial charge in [0.2, 0.25) is 0 Å². The highest BCUT2D eigenvalue weighted by Gasteiger charge is 2.82. The number of ether oxygens (including phenoxy) is 1. The maximum atomic E-state index is 12.3. The quantitative estimate of drug-likeness (QED) is 0.706. The van der Waals surface area contributed by atoms with E-state index in [4.69, 9.17) is 0 Å². The molecule has 0 fully saturated rings. The third-order valence-electron chi connectivity index (χ3n) is 1.44. The van der Waals surface area contributed by atoms with Gasteiger partial charge in [-0.3, -0.25) is 0 Å². The van der Waals surface area contributed by atoms with E-state index in [2.05, 4.69) is 4.74 Å². The van der Waals surface area contributed by atoms with E-state index in [-0.39, 0.29) is 0 Å². The maximum Gasteiger partial charge on any atom is 0.460 e. The monoisotopic (exact) mass is 264 g/mol. The lowest BCUT2D eigenvalue weighted by atomic mass is 10.1. The summed E-state index contributed by atoms with van der Waals surface area (Å²) in [6, 6.07) is 0. The molecule has 0 bridgehead atoms. The van der Waals surface area contributed by atoms with Gasteiger partial charge in [0.05, 0.1) is 6.61 Å². The minimum absolute atomic E-state index is 0.732. The molecule has 0 atom stereocenters. The van der Waals surface area contributed by atoms with Gasteiger partial charge in [0, 0.05) is 0 Å². The van der Waals surface area contributed by atoms with Crippen molar-refractivity contribution in [2.75, 3.05) is 6.61 Å². The number of rotatable bonds is 4. The Morgan fingerprint density at radius 2 is 1.12 bits per heavy atom. The van der Waals surface area contributed by atoms with Crippen LogP contribution in [0.25, 0.3) is 0 Å². The average Bonchev–Trinajstić information content (AvgIpc) is 2.01. The molecule has 0 rings (SSSR count). The van der Waals surface area contributed by atoms with Crippen molar-refractivity contribution in [1.29, 1.82) is 0 Å². The van der Waals surface area contributed by atoms with Crippen LogP contribution in [-0.2, 0) is 4.74 Å². The Balaban J connectivity index is 5.34. The average molecular weight is 264 g/mol. The van der Waals surface area contributed by atoms with E-state index in [0.717, 1.165) is 6.92 Å². The number of hydrogen-bond acceptors (Lipinski definition) is 1. The Bertz CT molecular complexity index is 243. The first-order chi connectivity index (χ1) is 6.81. The van der Waals surface area contributed by atoms with Crippen molar-refractivity contribution >= 4 is 0 Å². The Hall–Kier alpha value is -0.670. The standard InChI is InChI=1S/C6H5F9O/c1-2-16-6(14,15)4(9,10)3(7,8)5(11,12)13/h2H2,1H3. The van der Waals surface area contributed by atoms with Crippen LogP contribution in [0.2, 0.25) is 0 Å². The van der Waals surface area contributed by atoms with Gasteiger partial charge in [-0.05, 0) is 6.92 Å². The van der Waals surface area contributed by atoms with E-state index in [0.29, 0.717) is 0 Å². The van der Waals surface area contributed by atoms with Crippen LogP contribution in [0.15, 0.2) is 0 Å².